The highest BCUT2D eigenvalue weighted by molar-refractivity contribution is 5.76. The molecular weight excluding hydrogens is 195 g/mol. The van der Waals surface area contributed by atoms with Crippen LogP contribution in [0.3, 0.4) is 0 Å². The van der Waals surface area contributed by atoms with Crippen LogP contribution in [0.25, 0.3) is 11.0 Å². The van der Waals surface area contributed by atoms with E-state index < -0.39 is 6.10 Å². The summed E-state index contributed by atoms with van der Waals surface area (Å²) in [6.07, 6.45) is -0.684. The van der Waals surface area contributed by atoms with Crippen molar-refractivity contribution < 1.29 is 9.50 Å². The Hall–Kier alpha value is -1.42. The number of para-hydroxylation sites is 1. The second-order valence-electron chi connectivity index (χ2n) is 3.50. The molecule has 0 bridgehead atoms. The first kappa shape index (κ1) is 10.1. The van der Waals surface area contributed by atoms with Gasteiger partial charge in [-0.05, 0) is 26.0 Å². The summed E-state index contributed by atoms with van der Waals surface area (Å²) < 4.78 is 15.2. The van der Waals surface area contributed by atoms with E-state index in [1.807, 2.05) is 11.5 Å². The fourth-order valence-corrected chi connectivity index (χ4v) is 1.78. The first-order valence-electron chi connectivity index (χ1n) is 4.97. The predicted octanol–water partition coefficient (Wildman–Crippen LogP) is 2.25. The maximum Gasteiger partial charge on any atom is 0.151 e. The van der Waals surface area contributed by atoms with E-state index in [2.05, 4.69) is 4.98 Å². The van der Waals surface area contributed by atoms with Gasteiger partial charge < -0.3 is 9.67 Å². The largest absolute Gasteiger partial charge is 0.385 e. The molecule has 1 aromatic heterocycles. The van der Waals surface area contributed by atoms with Gasteiger partial charge in [-0.15, -0.1) is 0 Å². The number of halogens is 1. The Morgan fingerprint density at radius 1 is 1.53 bits per heavy atom. The van der Waals surface area contributed by atoms with Crippen LogP contribution in [-0.4, -0.2) is 14.7 Å². The molecule has 0 aliphatic rings. The number of imidazole rings is 1. The van der Waals surface area contributed by atoms with E-state index in [0.29, 0.717) is 17.9 Å². The van der Waals surface area contributed by atoms with E-state index in [1.54, 1.807) is 19.1 Å². The second-order valence-corrected chi connectivity index (χ2v) is 3.50. The molecule has 1 unspecified atom stereocenters. The second kappa shape index (κ2) is 3.62. The Balaban J connectivity index is 2.78. The lowest BCUT2D eigenvalue weighted by molar-refractivity contribution is 0.184. The number of hydrogen-bond donors (Lipinski definition) is 1. The summed E-state index contributed by atoms with van der Waals surface area (Å²) in [5.74, 6) is 0.166. The fourth-order valence-electron chi connectivity index (χ4n) is 1.78. The zero-order valence-electron chi connectivity index (χ0n) is 8.74. The van der Waals surface area contributed by atoms with Crippen molar-refractivity contribution in [1.82, 2.24) is 9.55 Å². The number of nitrogens with zero attached hydrogens (tertiary/aromatic N) is 2. The van der Waals surface area contributed by atoms with Crippen LogP contribution in [0.5, 0.6) is 0 Å². The molecule has 0 aliphatic heterocycles. The smallest absolute Gasteiger partial charge is 0.151 e. The normalized spacial score (nSPS) is 13.3. The summed E-state index contributed by atoms with van der Waals surface area (Å²) in [7, 11) is 0. The average molecular weight is 208 g/mol. The van der Waals surface area contributed by atoms with E-state index in [9.17, 15) is 9.50 Å². The van der Waals surface area contributed by atoms with Gasteiger partial charge in [0.2, 0.25) is 0 Å². The third kappa shape index (κ3) is 1.51. The van der Waals surface area contributed by atoms with Crippen molar-refractivity contribution in [2.24, 2.45) is 0 Å². The molecule has 0 spiro atoms. The SMILES string of the molecule is CCn1c(C(C)O)nc2c(F)cccc21. The highest BCUT2D eigenvalue weighted by atomic mass is 19.1. The number of aliphatic hydroxyl groups is 1. The van der Waals surface area contributed by atoms with Gasteiger partial charge in [0.15, 0.2) is 5.82 Å². The zero-order chi connectivity index (χ0) is 11.0. The van der Waals surface area contributed by atoms with Gasteiger partial charge in [-0.3, -0.25) is 0 Å². The molecule has 1 atom stereocenters. The molecule has 2 aromatic rings. The van der Waals surface area contributed by atoms with Crippen molar-refractivity contribution in [2.45, 2.75) is 26.5 Å². The number of rotatable bonds is 2. The molecule has 0 fully saturated rings. The molecule has 0 aliphatic carbocycles. The average Bonchev–Trinajstić information content (AvgIpc) is 2.57. The summed E-state index contributed by atoms with van der Waals surface area (Å²) >= 11 is 0. The van der Waals surface area contributed by atoms with Gasteiger partial charge in [0, 0.05) is 6.54 Å². The summed E-state index contributed by atoms with van der Waals surface area (Å²) in [6, 6.07) is 4.83. The minimum atomic E-state index is -0.684. The van der Waals surface area contributed by atoms with Crippen LogP contribution in [0.15, 0.2) is 18.2 Å². The molecular formula is C11H13FN2O. The van der Waals surface area contributed by atoms with Crippen molar-refractivity contribution in [3.8, 4) is 0 Å². The van der Waals surface area contributed by atoms with Crippen LogP contribution in [0.2, 0.25) is 0 Å². The van der Waals surface area contributed by atoms with Crippen LogP contribution in [0.4, 0.5) is 4.39 Å². The Morgan fingerprint density at radius 2 is 2.27 bits per heavy atom. The quantitative estimate of drug-likeness (QED) is 0.822. The highest BCUT2D eigenvalue weighted by Gasteiger charge is 2.15. The van der Waals surface area contributed by atoms with Gasteiger partial charge in [-0.25, -0.2) is 9.37 Å². The lowest BCUT2D eigenvalue weighted by Gasteiger charge is -2.07. The number of aryl methyl sites for hydroxylation is 1. The summed E-state index contributed by atoms with van der Waals surface area (Å²) in [5.41, 5.74) is 1.06. The molecule has 4 heteroatoms. The van der Waals surface area contributed by atoms with Crippen molar-refractivity contribution >= 4 is 11.0 Å². The molecule has 3 nitrogen and oxygen atoms in total. The Bertz CT molecular complexity index is 491. The number of benzene rings is 1. The van der Waals surface area contributed by atoms with Crippen molar-refractivity contribution in [3.63, 3.8) is 0 Å². The van der Waals surface area contributed by atoms with E-state index in [-0.39, 0.29) is 5.82 Å². The summed E-state index contributed by atoms with van der Waals surface area (Å²) in [6.45, 7) is 4.24. The van der Waals surface area contributed by atoms with Gasteiger partial charge in [0.05, 0.1) is 5.52 Å². The van der Waals surface area contributed by atoms with Crippen LogP contribution < -0.4 is 0 Å². The summed E-state index contributed by atoms with van der Waals surface area (Å²) in [4.78, 5) is 4.12. The highest BCUT2D eigenvalue weighted by Crippen LogP contribution is 2.22. The van der Waals surface area contributed by atoms with E-state index >= 15 is 0 Å². The number of hydrogen-bond acceptors (Lipinski definition) is 2. The monoisotopic (exact) mass is 208 g/mol. The first-order chi connectivity index (χ1) is 7.15. The number of fused-ring (bicyclic) bond motifs is 1. The Kier molecular flexibility index (Phi) is 2.44. The zero-order valence-corrected chi connectivity index (χ0v) is 8.74. The lowest BCUT2D eigenvalue weighted by Crippen LogP contribution is -2.04. The van der Waals surface area contributed by atoms with Crippen LogP contribution in [0, 0.1) is 5.82 Å². The molecule has 2 rings (SSSR count). The van der Waals surface area contributed by atoms with Gasteiger partial charge in [-0.2, -0.15) is 0 Å². The molecule has 1 N–H and O–H groups in total. The number of aliphatic hydroxyl groups excluding tert-OH is 1. The van der Waals surface area contributed by atoms with Crippen molar-refractivity contribution in [3.05, 3.63) is 29.8 Å². The van der Waals surface area contributed by atoms with Gasteiger partial charge >= 0.3 is 0 Å². The molecule has 0 saturated heterocycles. The molecule has 0 saturated carbocycles. The van der Waals surface area contributed by atoms with Crippen LogP contribution >= 0.6 is 0 Å². The van der Waals surface area contributed by atoms with Crippen LogP contribution in [-0.2, 0) is 6.54 Å². The molecule has 0 radical (unpaired) electrons. The van der Waals surface area contributed by atoms with Crippen molar-refractivity contribution in [1.29, 1.82) is 0 Å². The molecule has 80 valence electrons. The molecule has 1 aromatic carbocycles. The summed E-state index contributed by atoms with van der Waals surface area (Å²) in [5, 5.41) is 9.52. The van der Waals surface area contributed by atoms with Gasteiger partial charge in [-0.1, -0.05) is 6.07 Å². The minimum Gasteiger partial charge on any atom is -0.385 e. The van der Waals surface area contributed by atoms with E-state index in [0.717, 1.165) is 5.52 Å². The molecule has 15 heavy (non-hydrogen) atoms. The lowest BCUT2D eigenvalue weighted by atomic mass is 10.3. The van der Waals surface area contributed by atoms with E-state index in [4.69, 9.17) is 0 Å². The minimum absolute atomic E-state index is 0.329. The maximum absolute atomic E-state index is 13.4. The third-order valence-corrected chi connectivity index (χ3v) is 2.45. The topological polar surface area (TPSA) is 38.0 Å². The number of aromatic nitrogens is 2. The van der Waals surface area contributed by atoms with Gasteiger partial charge in [0.25, 0.3) is 0 Å². The standard InChI is InChI=1S/C11H13FN2O/c1-3-14-9-6-4-5-8(12)10(9)13-11(14)7(2)15/h4-7,15H,3H2,1-2H3. The maximum atomic E-state index is 13.4. The molecule has 1 heterocycles. The van der Waals surface area contributed by atoms with Gasteiger partial charge in [0.1, 0.15) is 17.4 Å². The fraction of sp³-hybridized carbons (Fsp3) is 0.364. The third-order valence-electron chi connectivity index (χ3n) is 2.45. The molecule has 0 amide bonds. The van der Waals surface area contributed by atoms with Crippen LogP contribution in [0.1, 0.15) is 25.8 Å². The first-order valence-corrected chi connectivity index (χ1v) is 4.97. The van der Waals surface area contributed by atoms with E-state index in [1.165, 1.54) is 6.07 Å². The Morgan fingerprint density at radius 3 is 2.87 bits per heavy atom. The predicted molar refractivity (Wildman–Crippen MR) is 56.0 cm³/mol. The van der Waals surface area contributed by atoms with Crippen molar-refractivity contribution in [2.75, 3.05) is 0 Å². The Labute approximate surface area is 87.2 Å².